The second kappa shape index (κ2) is 7.83. The first-order chi connectivity index (χ1) is 10.8. The lowest BCUT2D eigenvalue weighted by molar-refractivity contribution is -0.160. The van der Waals surface area contributed by atoms with Gasteiger partial charge in [-0.05, 0) is 46.7 Å². The molecule has 0 unspecified atom stereocenters. The Morgan fingerprint density at radius 1 is 1.17 bits per heavy atom. The van der Waals surface area contributed by atoms with Crippen LogP contribution in [-0.4, -0.2) is 29.3 Å². The highest BCUT2D eigenvalue weighted by molar-refractivity contribution is 8.00. The zero-order valence-corrected chi connectivity index (χ0v) is 13.5. The van der Waals surface area contributed by atoms with Crippen molar-refractivity contribution in [3.05, 3.63) is 52.5 Å². The summed E-state index contributed by atoms with van der Waals surface area (Å²) in [5, 5.41) is 3.46. The number of amides is 1. The fourth-order valence-corrected chi connectivity index (χ4v) is 3.28. The minimum Gasteiger partial charge on any atom is -0.329 e. The molecule has 1 aromatic heterocycles. The number of alkyl halides is 3. The molecule has 1 aromatic carbocycles. The lowest BCUT2D eigenvalue weighted by Crippen LogP contribution is -2.39. The van der Waals surface area contributed by atoms with Crippen molar-refractivity contribution < 1.29 is 22.4 Å². The first kappa shape index (κ1) is 17.8. The van der Waals surface area contributed by atoms with Crippen molar-refractivity contribution in [3.8, 4) is 0 Å². The van der Waals surface area contributed by atoms with E-state index >= 15 is 0 Å². The predicted octanol–water partition coefficient (Wildman–Crippen LogP) is 4.57. The van der Waals surface area contributed by atoms with E-state index in [0.717, 1.165) is 16.7 Å². The van der Waals surface area contributed by atoms with Crippen LogP contribution in [0.5, 0.6) is 0 Å². The van der Waals surface area contributed by atoms with Crippen LogP contribution in [0.4, 0.5) is 17.6 Å². The molecule has 0 aliphatic carbocycles. The van der Waals surface area contributed by atoms with Gasteiger partial charge in [0.15, 0.2) is 0 Å². The molecule has 0 radical (unpaired) electrons. The minimum absolute atomic E-state index is 0.0776. The van der Waals surface area contributed by atoms with E-state index in [1.54, 1.807) is 16.8 Å². The molecule has 1 heterocycles. The van der Waals surface area contributed by atoms with Crippen molar-refractivity contribution >= 4 is 29.0 Å². The van der Waals surface area contributed by atoms with E-state index in [-0.39, 0.29) is 12.3 Å². The van der Waals surface area contributed by atoms with Gasteiger partial charge in [-0.25, -0.2) is 4.39 Å². The molecule has 23 heavy (non-hydrogen) atoms. The fourth-order valence-electron chi connectivity index (χ4n) is 1.82. The number of rotatable bonds is 6. The van der Waals surface area contributed by atoms with E-state index < -0.39 is 24.4 Å². The van der Waals surface area contributed by atoms with Gasteiger partial charge in [0.25, 0.3) is 0 Å². The molecule has 8 heteroatoms. The van der Waals surface area contributed by atoms with Crippen molar-refractivity contribution in [2.24, 2.45) is 0 Å². The lowest BCUT2D eigenvalue weighted by atomic mass is 10.3. The Morgan fingerprint density at radius 2 is 1.87 bits per heavy atom. The highest BCUT2D eigenvalue weighted by Crippen LogP contribution is 2.22. The minimum atomic E-state index is -4.45. The van der Waals surface area contributed by atoms with Crippen molar-refractivity contribution in [2.45, 2.75) is 17.6 Å². The van der Waals surface area contributed by atoms with Gasteiger partial charge >= 0.3 is 6.18 Å². The molecule has 0 spiro atoms. The summed E-state index contributed by atoms with van der Waals surface area (Å²) in [4.78, 5) is 13.5. The van der Waals surface area contributed by atoms with Crippen LogP contribution >= 0.6 is 23.1 Å². The third kappa shape index (κ3) is 6.23. The van der Waals surface area contributed by atoms with E-state index in [1.165, 1.54) is 35.6 Å². The summed E-state index contributed by atoms with van der Waals surface area (Å²) in [5.41, 5.74) is 0.666. The molecule has 0 fully saturated rings. The van der Waals surface area contributed by atoms with Crippen LogP contribution < -0.4 is 0 Å². The molecule has 0 saturated heterocycles. The van der Waals surface area contributed by atoms with E-state index in [2.05, 4.69) is 0 Å². The SMILES string of the molecule is O=C(CSc1ccc(F)cc1)N(Cc1ccsc1)CC(F)(F)F. The maximum absolute atomic E-state index is 12.8. The average Bonchev–Trinajstić information content (AvgIpc) is 2.97. The van der Waals surface area contributed by atoms with Crippen molar-refractivity contribution in [1.82, 2.24) is 4.90 Å². The van der Waals surface area contributed by atoms with E-state index in [4.69, 9.17) is 0 Å². The van der Waals surface area contributed by atoms with Gasteiger partial charge in [-0.1, -0.05) is 0 Å². The Kier molecular flexibility index (Phi) is 6.06. The number of hydrogen-bond acceptors (Lipinski definition) is 3. The standard InChI is InChI=1S/C15H13F4NOS2/c16-12-1-3-13(4-2-12)23-9-14(21)20(10-15(17,18)19)7-11-5-6-22-8-11/h1-6,8H,7,9-10H2. The number of benzene rings is 1. The van der Waals surface area contributed by atoms with Crippen LogP contribution in [-0.2, 0) is 11.3 Å². The Balaban J connectivity index is 1.98. The van der Waals surface area contributed by atoms with Gasteiger partial charge in [0.2, 0.25) is 5.91 Å². The highest BCUT2D eigenvalue weighted by Gasteiger charge is 2.33. The van der Waals surface area contributed by atoms with Gasteiger partial charge in [0.1, 0.15) is 12.4 Å². The predicted molar refractivity (Wildman–Crippen MR) is 82.9 cm³/mol. The first-order valence-electron chi connectivity index (χ1n) is 6.57. The molecule has 2 aromatic rings. The number of carbonyl (C=O) groups excluding carboxylic acids is 1. The van der Waals surface area contributed by atoms with Gasteiger partial charge in [0.05, 0.1) is 5.75 Å². The molecule has 2 nitrogen and oxygen atoms in total. The smallest absolute Gasteiger partial charge is 0.329 e. The normalized spacial score (nSPS) is 11.5. The van der Waals surface area contributed by atoms with Crippen molar-refractivity contribution in [3.63, 3.8) is 0 Å². The molecular weight excluding hydrogens is 350 g/mol. The Morgan fingerprint density at radius 3 is 2.43 bits per heavy atom. The Bertz CT molecular complexity index is 626. The second-order valence-corrected chi connectivity index (χ2v) is 6.57. The number of nitrogens with zero attached hydrogens (tertiary/aromatic N) is 1. The molecule has 0 atom stereocenters. The van der Waals surface area contributed by atoms with Crippen LogP contribution in [0, 0.1) is 5.82 Å². The number of thiophene rings is 1. The number of halogens is 4. The average molecular weight is 363 g/mol. The van der Waals surface area contributed by atoms with Gasteiger partial charge < -0.3 is 4.90 Å². The zero-order valence-electron chi connectivity index (χ0n) is 11.8. The third-order valence-corrected chi connectivity index (χ3v) is 4.58. The van der Waals surface area contributed by atoms with E-state index in [9.17, 15) is 22.4 Å². The summed E-state index contributed by atoms with van der Waals surface area (Å²) in [5.74, 6) is -1.15. The maximum Gasteiger partial charge on any atom is 0.406 e. The molecule has 0 N–H and O–H groups in total. The summed E-state index contributed by atoms with van der Waals surface area (Å²) in [6.07, 6.45) is -4.45. The first-order valence-corrected chi connectivity index (χ1v) is 8.50. The van der Waals surface area contributed by atoms with Crippen LogP contribution in [0.3, 0.4) is 0 Å². The topological polar surface area (TPSA) is 20.3 Å². The van der Waals surface area contributed by atoms with E-state index in [1.807, 2.05) is 0 Å². The molecule has 1 amide bonds. The van der Waals surface area contributed by atoms with Crippen LogP contribution in [0.25, 0.3) is 0 Å². The fraction of sp³-hybridized carbons (Fsp3) is 0.267. The molecular formula is C15H13F4NOS2. The van der Waals surface area contributed by atoms with Crippen LogP contribution in [0.15, 0.2) is 46.0 Å². The summed E-state index contributed by atoms with van der Waals surface area (Å²) in [6.45, 7) is -1.36. The van der Waals surface area contributed by atoms with Crippen LogP contribution in [0.2, 0.25) is 0 Å². The maximum atomic E-state index is 12.8. The van der Waals surface area contributed by atoms with Crippen molar-refractivity contribution in [2.75, 3.05) is 12.3 Å². The van der Waals surface area contributed by atoms with Gasteiger partial charge in [-0.15, -0.1) is 11.8 Å². The number of carbonyl (C=O) groups is 1. The molecule has 2 rings (SSSR count). The van der Waals surface area contributed by atoms with E-state index in [0.29, 0.717) is 10.5 Å². The second-order valence-electron chi connectivity index (χ2n) is 4.74. The summed E-state index contributed by atoms with van der Waals surface area (Å²) in [7, 11) is 0. The molecule has 0 aliphatic heterocycles. The largest absolute Gasteiger partial charge is 0.406 e. The summed E-state index contributed by atoms with van der Waals surface area (Å²) < 4.78 is 50.8. The van der Waals surface area contributed by atoms with Crippen molar-refractivity contribution in [1.29, 1.82) is 0 Å². The Labute approximate surface area is 139 Å². The monoisotopic (exact) mass is 363 g/mol. The molecule has 0 saturated carbocycles. The molecule has 124 valence electrons. The number of thioether (sulfide) groups is 1. The number of hydrogen-bond donors (Lipinski definition) is 0. The zero-order chi connectivity index (χ0) is 16.9. The third-order valence-electron chi connectivity index (χ3n) is 2.85. The van der Waals surface area contributed by atoms with Gasteiger partial charge in [0, 0.05) is 11.4 Å². The molecule has 0 bridgehead atoms. The van der Waals surface area contributed by atoms with Crippen LogP contribution in [0.1, 0.15) is 5.56 Å². The summed E-state index contributed by atoms with van der Waals surface area (Å²) >= 11 is 2.44. The quantitative estimate of drug-likeness (QED) is 0.553. The molecule has 0 aliphatic rings. The van der Waals surface area contributed by atoms with Gasteiger partial charge in [-0.3, -0.25) is 4.79 Å². The van der Waals surface area contributed by atoms with Gasteiger partial charge in [-0.2, -0.15) is 24.5 Å². The summed E-state index contributed by atoms with van der Waals surface area (Å²) in [6, 6.07) is 7.15. The lowest BCUT2D eigenvalue weighted by Gasteiger charge is -2.23. The highest BCUT2D eigenvalue weighted by atomic mass is 32.2. The Hall–Kier alpha value is -1.54.